The zero-order valence-corrected chi connectivity index (χ0v) is 13.1. The van der Waals surface area contributed by atoms with E-state index >= 15 is 0 Å². The minimum Gasteiger partial charge on any atom is -0.480 e. The fraction of sp³-hybridized carbons (Fsp3) is 0.733. The monoisotopic (exact) mass is 305 g/mol. The summed E-state index contributed by atoms with van der Waals surface area (Å²) in [6, 6.07) is 0.665. The molecule has 2 aliphatic carbocycles. The molecule has 0 saturated heterocycles. The SMILES string of the molecule is Cc1nnc(NC2CC(N(CC(=O)O)CC3CC3)C2)nc1C. The Labute approximate surface area is 130 Å². The molecule has 1 heterocycles. The second kappa shape index (κ2) is 6.16. The predicted molar refractivity (Wildman–Crippen MR) is 81.7 cm³/mol. The molecular formula is C15H23N5O2. The quantitative estimate of drug-likeness (QED) is 0.782. The van der Waals surface area contributed by atoms with Gasteiger partial charge in [-0.1, -0.05) is 0 Å². The van der Waals surface area contributed by atoms with Crippen LogP contribution in [0.2, 0.25) is 0 Å². The molecule has 0 bridgehead atoms. The minimum atomic E-state index is -0.737. The molecule has 0 radical (unpaired) electrons. The molecule has 0 aliphatic heterocycles. The van der Waals surface area contributed by atoms with Crippen molar-refractivity contribution in [2.75, 3.05) is 18.4 Å². The molecule has 0 amide bonds. The summed E-state index contributed by atoms with van der Waals surface area (Å²) in [6.45, 7) is 4.88. The number of hydrogen-bond acceptors (Lipinski definition) is 6. The van der Waals surface area contributed by atoms with Gasteiger partial charge in [-0.05, 0) is 45.4 Å². The molecule has 2 N–H and O–H groups in total. The van der Waals surface area contributed by atoms with E-state index in [1.165, 1.54) is 12.8 Å². The van der Waals surface area contributed by atoms with Crippen LogP contribution in [-0.4, -0.2) is 56.3 Å². The molecule has 1 aromatic rings. The van der Waals surface area contributed by atoms with Crippen molar-refractivity contribution in [1.29, 1.82) is 0 Å². The number of rotatable bonds is 7. The Morgan fingerprint density at radius 3 is 2.59 bits per heavy atom. The van der Waals surface area contributed by atoms with Gasteiger partial charge in [0.25, 0.3) is 0 Å². The number of carbonyl (C=O) groups is 1. The third-order valence-corrected chi connectivity index (χ3v) is 4.58. The summed E-state index contributed by atoms with van der Waals surface area (Å²) in [6.07, 6.45) is 4.37. The lowest BCUT2D eigenvalue weighted by Gasteiger charge is -2.42. The molecule has 7 nitrogen and oxygen atoms in total. The number of carboxylic acids is 1. The van der Waals surface area contributed by atoms with Gasteiger partial charge in [0.05, 0.1) is 17.9 Å². The van der Waals surface area contributed by atoms with Gasteiger partial charge >= 0.3 is 5.97 Å². The van der Waals surface area contributed by atoms with Crippen LogP contribution >= 0.6 is 0 Å². The maximum Gasteiger partial charge on any atom is 0.317 e. The number of anilines is 1. The molecule has 2 aliphatic rings. The Hall–Kier alpha value is -1.76. The summed E-state index contributed by atoms with van der Waals surface area (Å²) in [5, 5.41) is 20.5. The van der Waals surface area contributed by atoms with E-state index in [1.807, 2.05) is 13.8 Å². The second-order valence-electron chi connectivity index (χ2n) is 6.54. The molecule has 1 aromatic heterocycles. The third kappa shape index (κ3) is 3.71. The van der Waals surface area contributed by atoms with E-state index < -0.39 is 5.97 Å². The van der Waals surface area contributed by atoms with Crippen LogP contribution in [0.15, 0.2) is 0 Å². The molecule has 22 heavy (non-hydrogen) atoms. The summed E-state index contributed by atoms with van der Waals surface area (Å²) < 4.78 is 0. The van der Waals surface area contributed by atoms with Gasteiger partial charge in [-0.15, -0.1) is 5.10 Å². The average molecular weight is 305 g/mol. The van der Waals surface area contributed by atoms with Crippen molar-refractivity contribution in [3.05, 3.63) is 11.4 Å². The first kappa shape index (κ1) is 15.1. The zero-order chi connectivity index (χ0) is 15.7. The van der Waals surface area contributed by atoms with E-state index in [0.717, 1.165) is 30.8 Å². The average Bonchev–Trinajstić information content (AvgIpc) is 3.20. The van der Waals surface area contributed by atoms with Crippen LogP contribution in [0, 0.1) is 19.8 Å². The van der Waals surface area contributed by atoms with Crippen LogP contribution in [0.5, 0.6) is 0 Å². The molecule has 0 atom stereocenters. The highest BCUT2D eigenvalue weighted by molar-refractivity contribution is 5.69. The highest BCUT2D eigenvalue weighted by atomic mass is 16.4. The number of aliphatic carboxylic acids is 1. The summed E-state index contributed by atoms with van der Waals surface area (Å²) in [7, 11) is 0. The number of hydrogen-bond donors (Lipinski definition) is 2. The first-order valence-corrected chi connectivity index (χ1v) is 7.91. The van der Waals surface area contributed by atoms with Gasteiger partial charge in [0.2, 0.25) is 5.95 Å². The Morgan fingerprint density at radius 1 is 1.27 bits per heavy atom. The molecule has 120 valence electrons. The van der Waals surface area contributed by atoms with E-state index in [9.17, 15) is 4.79 Å². The lowest BCUT2D eigenvalue weighted by Crippen LogP contribution is -2.52. The van der Waals surface area contributed by atoms with Gasteiger partial charge in [0.15, 0.2) is 0 Å². The van der Waals surface area contributed by atoms with Crippen molar-refractivity contribution in [3.63, 3.8) is 0 Å². The molecule has 3 rings (SSSR count). The van der Waals surface area contributed by atoms with Crippen molar-refractivity contribution in [1.82, 2.24) is 20.1 Å². The molecule has 0 aromatic carbocycles. The maximum atomic E-state index is 11.0. The van der Waals surface area contributed by atoms with E-state index in [4.69, 9.17) is 5.11 Å². The minimum absolute atomic E-state index is 0.148. The predicted octanol–water partition coefficient (Wildman–Crippen LogP) is 1.23. The lowest BCUT2D eigenvalue weighted by atomic mass is 9.85. The molecule has 2 saturated carbocycles. The van der Waals surface area contributed by atoms with Gasteiger partial charge < -0.3 is 10.4 Å². The number of carboxylic acid groups (broad SMARTS) is 1. The fourth-order valence-electron chi connectivity index (χ4n) is 2.85. The van der Waals surface area contributed by atoms with Gasteiger partial charge in [-0.3, -0.25) is 9.69 Å². The zero-order valence-electron chi connectivity index (χ0n) is 13.1. The molecule has 7 heteroatoms. The van der Waals surface area contributed by atoms with Crippen LogP contribution in [0.3, 0.4) is 0 Å². The highest BCUT2D eigenvalue weighted by Crippen LogP contribution is 2.34. The Bertz CT molecular complexity index is 555. The Morgan fingerprint density at radius 2 is 2.00 bits per heavy atom. The number of aryl methyl sites for hydroxylation is 2. The molecule has 2 fully saturated rings. The van der Waals surface area contributed by atoms with Crippen molar-refractivity contribution in [2.24, 2.45) is 5.92 Å². The number of aromatic nitrogens is 3. The van der Waals surface area contributed by atoms with Crippen molar-refractivity contribution < 1.29 is 9.90 Å². The molecule has 0 unspecified atom stereocenters. The normalized spacial score (nSPS) is 24.1. The molecular weight excluding hydrogens is 282 g/mol. The summed E-state index contributed by atoms with van der Waals surface area (Å²) in [5.74, 6) is 0.538. The van der Waals surface area contributed by atoms with E-state index in [1.54, 1.807) is 0 Å². The first-order valence-electron chi connectivity index (χ1n) is 7.91. The van der Waals surface area contributed by atoms with Crippen LogP contribution in [0.1, 0.15) is 37.1 Å². The highest BCUT2D eigenvalue weighted by Gasteiger charge is 2.37. The standard InChI is InChI=1S/C15H23N5O2/c1-9-10(2)18-19-15(16-9)17-12-5-13(6-12)20(8-14(21)22)7-11-3-4-11/h11-13H,3-8H2,1-2H3,(H,21,22)(H,16,17,19). The van der Waals surface area contributed by atoms with Crippen LogP contribution in [0.25, 0.3) is 0 Å². The van der Waals surface area contributed by atoms with Crippen molar-refractivity contribution in [2.45, 2.75) is 51.6 Å². The smallest absolute Gasteiger partial charge is 0.317 e. The lowest BCUT2D eigenvalue weighted by molar-refractivity contribution is -0.139. The van der Waals surface area contributed by atoms with Crippen LogP contribution in [-0.2, 0) is 4.79 Å². The molecule has 0 spiro atoms. The third-order valence-electron chi connectivity index (χ3n) is 4.58. The maximum absolute atomic E-state index is 11.0. The van der Waals surface area contributed by atoms with E-state index in [0.29, 0.717) is 23.9 Å². The van der Waals surface area contributed by atoms with Crippen LogP contribution < -0.4 is 5.32 Å². The summed E-state index contributed by atoms with van der Waals surface area (Å²) in [4.78, 5) is 17.5. The largest absolute Gasteiger partial charge is 0.480 e. The van der Waals surface area contributed by atoms with E-state index in [2.05, 4.69) is 25.4 Å². The topological polar surface area (TPSA) is 91.2 Å². The van der Waals surface area contributed by atoms with Gasteiger partial charge in [-0.2, -0.15) is 5.10 Å². The van der Waals surface area contributed by atoms with Crippen molar-refractivity contribution >= 4 is 11.9 Å². The van der Waals surface area contributed by atoms with Gasteiger partial charge in [0, 0.05) is 18.6 Å². The van der Waals surface area contributed by atoms with Gasteiger partial charge in [0.1, 0.15) is 0 Å². The fourth-order valence-corrected chi connectivity index (χ4v) is 2.85. The van der Waals surface area contributed by atoms with Gasteiger partial charge in [-0.25, -0.2) is 4.98 Å². The second-order valence-corrected chi connectivity index (χ2v) is 6.54. The van der Waals surface area contributed by atoms with Crippen molar-refractivity contribution in [3.8, 4) is 0 Å². The van der Waals surface area contributed by atoms with Crippen LogP contribution in [0.4, 0.5) is 5.95 Å². The summed E-state index contributed by atoms with van der Waals surface area (Å²) >= 11 is 0. The summed E-state index contributed by atoms with van der Waals surface area (Å²) in [5.41, 5.74) is 1.73. The first-order chi connectivity index (χ1) is 10.5. The Kier molecular flexibility index (Phi) is 4.24. The number of nitrogens with zero attached hydrogens (tertiary/aromatic N) is 4. The van der Waals surface area contributed by atoms with E-state index in [-0.39, 0.29) is 6.54 Å². The Balaban J connectivity index is 1.50. The number of nitrogens with one attached hydrogen (secondary N) is 1.